The van der Waals surface area contributed by atoms with E-state index < -0.39 is 0 Å². The second kappa shape index (κ2) is 6.02. The highest BCUT2D eigenvalue weighted by atomic mass is 32.1. The van der Waals surface area contributed by atoms with Gasteiger partial charge in [-0.15, -0.1) is 5.10 Å². The maximum absolute atomic E-state index is 12.3. The molecule has 0 aliphatic rings. The van der Waals surface area contributed by atoms with Crippen molar-refractivity contribution in [3.8, 4) is 0 Å². The van der Waals surface area contributed by atoms with Gasteiger partial charge in [-0.2, -0.15) is 0 Å². The van der Waals surface area contributed by atoms with Gasteiger partial charge in [0.1, 0.15) is 4.88 Å². The number of hydrogen-bond acceptors (Lipinski definition) is 5. The Kier molecular flexibility index (Phi) is 4.95. The lowest BCUT2D eigenvalue weighted by Gasteiger charge is -2.26. The molecule has 1 heterocycles. The number of aryl methyl sites for hydroxylation is 1. The van der Waals surface area contributed by atoms with E-state index in [1.165, 1.54) is 0 Å². The van der Waals surface area contributed by atoms with E-state index in [1.54, 1.807) is 11.8 Å². The van der Waals surface area contributed by atoms with Crippen LogP contribution >= 0.6 is 23.8 Å². The molecule has 0 aromatic carbocycles. The van der Waals surface area contributed by atoms with Gasteiger partial charge in [0, 0.05) is 19.0 Å². The molecule has 17 heavy (non-hydrogen) atoms. The summed E-state index contributed by atoms with van der Waals surface area (Å²) in [7, 11) is 0. The highest BCUT2D eigenvalue weighted by molar-refractivity contribution is 7.80. The van der Waals surface area contributed by atoms with Crippen LogP contribution in [0.15, 0.2) is 0 Å². The molecule has 0 aliphatic heterocycles. The highest BCUT2D eigenvalue weighted by Gasteiger charge is 2.22. The third-order valence-corrected chi connectivity index (χ3v) is 3.35. The predicted molar refractivity (Wildman–Crippen MR) is 72.2 cm³/mol. The van der Waals surface area contributed by atoms with Crippen molar-refractivity contribution in [3.63, 3.8) is 0 Å². The van der Waals surface area contributed by atoms with E-state index in [2.05, 4.69) is 9.59 Å². The van der Waals surface area contributed by atoms with Crippen molar-refractivity contribution in [3.05, 3.63) is 10.6 Å². The van der Waals surface area contributed by atoms with Crippen molar-refractivity contribution in [2.75, 3.05) is 6.54 Å². The van der Waals surface area contributed by atoms with E-state index >= 15 is 0 Å². The molecule has 0 unspecified atom stereocenters. The van der Waals surface area contributed by atoms with Crippen LogP contribution in [0.1, 0.15) is 35.6 Å². The summed E-state index contributed by atoms with van der Waals surface area (Å²) in [5, 5.41) is 3.85. The summed E-state index contributed by atoms with van der Waals surface area (Å²) in [6, 6.07) is 0.0957. The quantitative estimate of drug-likeness (QED) is 0.820. The number of carbonyl (C=O) groups excluding carboxylic acids is 1. The normalized spacial score (nSPS) is 10.6. The molecule has 7 heteroatoms. The van der Waals surface area contributed by atoms with Gasteiger partial charge in [0.2, 0.25) is 0 Å². The molecular weight excluding hydrogens is 256 g/mol. The van der Waals surface area contributed by atoms with Crippen molar-refractivity contribution in [2.24, 2.45) is 5.73 Å². The molecule has 2 N–H and O–H groups in total. The zero-order valence-corrected chi connectivity index (χ0v) is 11.8. The number of hydrogen-bond donors (Lipinski definition) is 1. The molecule has 0 saturated heterocycles. The van der Waals surface area contributed by atoms with Gasteiger partial charge in [-0.1, -0.05) is 16.7 Å². The standard InChI is InChI=1S/C10H16N4OS2/c1-6(2)14(5-4-8(11)16)10(15)9-7(3)12-13-17-9/h6H,4-5H2,1-3H3,(H2,11,16). The Morgan fingerprint density at radius 1 is 1.59 bits per heavy atom. The lowest BCUT2D eigenvalue weighted by molar-refractivity contribution is 0.0715. The van der Waals surface area contributed by atoms with Crippen LogP contribution in [0.3, 0.4) is 0 Å². The first-order valence-corrected chi connectivity index (χ1v) is 6.50. The zero-order valence-electron chi connectivity index (χ0n) is 10.1. The molecule has 0 atom stereocenters. The number of rotatable bonds is 5. The van der Waals surface area contributed by atoms with Crippen LogP contribution in [0.25, 0.3) is 0 Å². The molecule has 0 aliphatic carbocycles. The SMILES string of the molecule is Cc1nnsc1C(=O)N(CCC(N)=S)C(C)C. The molecule has 0 fully saturated rings. The molecule has 1 amide bonds. The van der Waals surface area contributed by atoms with Gasteiger partial charge in [0.25, 0.3) is 5.91 Å². The lowest BCUT2D eigenvalue weighted by atomic mass is 10.2. The van der Waals surface area contributed by atoms with E-state index in [4.69, 9.17) is 18.0 Å². The van der Waals surface area contributed by atoms with Crippen LogP contribution < -0.4 is 5.73 Å². The molecule has 0 bridgehead atoms. The van der Waals surface area contributed by atoms with E-state index in [0.29, 0.717) is 28.5 Å². The van der Waals surface area contributed by atoms with Crippen LogP contribution in [-0.2, 0) is 0 Å². The summed E-state index contributed by atoms with van der Waals surface area (Å²) in [6.07, 6.45) is 0.532. The molecule has 1 aromatic heterocycles. The van der Waals surface area contributed by atoms with Gasteiger partial charge >= 0.3 is 0 Å². The summed E-state index contributed by atoms with van der Waals surface area (Å²) in [5.74, 6) is -0.0521. The van der Waals surface area contributed by atoms with Crippen LogP contribution in [0.5, 0.6) is 0 Å². The van der Waals surface area contributed by atoms with Gasteiger partial charge in [-0.05, 0) is 32.3 Å². The first-order valence-electron chi connectivity index (χ1n) is 5.31. The molecule has 0 spiro atoms. The largest absolute Gasteiger partial charge is 0.393 e. The second-order valence-corrected chi connectivity index (χ2v) is 5.27. The Hall–Kier alpha value is -1.08. The van der Waals surface area contributed by atoms with Gasteiger partial charge in [-0.3, -0.25) is 4.79 Å². The first kappa shape index (κ1) is 14.0. The predicted octanol–water partition coefficient (Wildman–Crippen LogP) is 1.37. The maximum atomic E-state index is 12.3. The third-order valence-electron chi connectivity index (χ3n) is 2.33. The first-order chi connectivity index (χ1) is 7.93. The topological polar surface area (TPSA) is 72.1 Å². The van der Waals surface area contributed by atoms with Crippen LogP contribution in [0.2, 0.25) is 0 Å². The van der Waals surface area contributed by atoms with Gasteiger partial charge < -0.3 is 10.6 Å². The summed E-state index contributed by atoms with van der Waals surface area (Å²) in [6.45, 7) is 6.23. The van der Waals surface area contributed by atoms with Crippen molar-refractivity contribution < 1.29 is 4.79 Å². The number of carbonyl (C=O) groups is 1. The van der Waals surface area contributed by atoms with E-state index in [-0.39, 0.29) is 11.9 Å². The Morgan fingerprint density at radius 3 is 2.65 bits per heavy atom. The Labute approximate surface area is 110 Å². The molecule has 5 nitrogen and oxygen atoms in total. The zero-order chi connectivity index (χ0) is 13.0. The van der Waals surface area contributed by atoms with Crippen molar-refractivity contribution in [1.29, 1.82) is 0 Å². The number of nitrogens with zero attached hydrogens (tertiary/aromatic N) is 3. The fourth-order valence-corrected chi connectivity index (χ4v) is 2.09. The lowest BCUT2D eigenvalue weighted by Crippen LogP contribution is -2.38. The Morgan fingerprint density at radius 2 is 2.24 bits per heavy atom. The highest BCUT2D eigenvalue weighted by Crippen LogP contribution is 2.15. The minimum absolute atomic E-state index is 0.0521. The summed E-state index contributed by atoms with van der Waals surface area (Å²) >= 11 is 5.95. The monoisotopic (exact) mass is 272 g/mol. The van der Waals surface area contributed by atoms with Gasteiger partial charge in [0.15, 0.2) is 0 Å². The maximum Gasteiger partial charge on any atom is 0.267 e. The van der Waals surface area contributed by atoms with E-state index in [1.807, 2.05) is 13.8 Å². The number of thiocarbonyl (C=S) groups is 1. The fourth-order valence-electron chi connectivity index (χ4n) is 1.38. The minimum atomic E-state index is -0.0521. The molecule has 0 saturated carbocycles. The smallest absolute Gasteiger partial charge is 0.267 e. The summed E-state index contributed by atoms with van der Waals surface area (Å²) < 4.78 is 3.77. The fraction of sp³-hybridized carbons (Fsp3) is 0.600. The third kappa shape index (κ3) is 3.71. The molecule has 1 rings (SSSR count). The van der Waals surface area contributed by atoms with Gasteiger partial charge in [-0.25, -0.2) is 0 Å². The Balaban J connectivity index is 2.81. The number of amides is 1. The molecule has 1 aromatic rings. The Bertz CT molecular complexity index is 416. The van der Waals surface area contributed by atoms with Crippen molar-refractivity contribution in [2.45, 2.75) is 33.2 Å². The summed E-state index contributed by atoms with van der Waals surface area (Å²) in [4.78, 5) is 15.0. The number of aromatic nitrogens is 2. The van der Waals surface area contributed by atoms with Crippen molar-refractivity contribution >= 4 is 34.6 Å². The molecular formula is C10H16N4OS2. The van der Waals surface area contributed by atoms with E-state index in [0.717, 1.165) is 11.5 Å². The van der Waals surface area contributed by atoms with Crippen molar-refractivity contribution in [1.82, 2.24) is 14.5 Å². The van der Waals surface area contributed by atoms with Crippen LogP contribution in [-0.4, -0.2) is 38.0 Å². The van der Waals surface area contributed by atoms with Crippen LogP contribution in [0, 0.1) is 6.92 Å². The summed E-state index contributed by atoms with van der Waals surface area (Å²) in [5.41, 5.74) is 6.13. The average molecular weight is 272 g/mol. The average Bonchev–Trinajstić information content (AvgIpc) is 2.63. The minimum Gasteiger partial charge on any atom is -0.393 e. The number of nitrogens with two attached hydrogens (primary N) is 1. The van der Waals surface area contributed by atoms with Crippen LogP contribution in [0.4, 0.5) is 0 Å². The molecule has 0 radical (unpaired) electrons. The molecule has 94 valence electrons. The van der Waals surface area contributed by atoms with E-state index in [9.17, 15) is 4.79 Å². The second-order valence-electron chi connectivity index (χ2n) is 4.00. The van der Waals surface area contributed by atoms with Gasteiger partial charge in [0.05, 0.1) is 10.7 Å².